The van der Waals surface area contributed by atoms with Gasteiger partial charge in [-0.3, -0.25) is 19.3 Å². The zero-order valence-electron chi connectivity index (χ0n) is 14.1. The molecule has 1 aromatic carbocycles. The maximum absolute atomic E-state index is 13.8. The molecule has 3 heterocycles. The first-order valence-electron chi connectivity index (χ1n) is 8.20. The molecule has 1 N–H and O–H groups in total. The maximum atomic E-state index is 13.8. The fourth-order valence-corrected chi connectivity index (χ4v) is 3.13. The Labute approximate surface area is 152 Å². The number of hydrogen-bond acceptors (Lipinski definition) is 5. The number of ether oxygens (including phenoxy) is 1. The lowest BCUT2D eigenvalue weighted by Gasteiger charge is -2.39. The van der Waals surface area contributed by atoms with Gasteiger partial charge in [0.25, 0.3) is 5.91 Å². The van der Waals surface area contributed by atoms with Crippen molar-refractivity contribution in [1.29, 1.82) is 0 Å². The Hall–Kier alpha value is -3.36. The van der Waals surface area contributed by atoms with Gasteiger partial charge >= 0.3 is 0 Å². The Morgan fingerprint density at radius 1 is 1.11 bits per heavy atom. The molecule has 2 aliphatic rings. The SMILES string of the molecule is O=C1c2c(O)c(=O)ccn2N2Cc3cc(F)c(F)cc3OC/C=C\CN1C2. The molecule has 27 heavy (non-hydrogen) atoms. The monoisotopic (exact) mass is 375 g/mol. The summed E-state index contributed by atoms with van der Waals surface area (Å²) in [7, 11) is 0. The van der Waals surface area contributed by atoms with E-state index in [-0.39, 0.29) is 37.8 Å². The zero-order chi connectivity index (χ0) is 19.1. The summed E-state index contributed by atoms with van der Waals surface area (Å²) in [4.78, 5) is 25.9. The van der Waals surface area contributed by atoms with Gasteiger partial charge in [0, 0.05) is 30.4 Å². The number of carbonyl (C=O) groups is 1. The third kappa shape index (κ3) is 2.90. The number of aromatic hydroxyl groups is 1. The van der Waals surface area contributed by atoms with Crippen molar-refractivity contribution in [1.82, 2.24) is 9.58 Å². The van der Waals surface area contributed by atoms with Crippen LogP contribution in [-0.4, -0.2) is 40.4 Å². The number of amides is 1. The van der Waals surface area contributed by atoms with Crippen molar-refractivity contribution in [3.8, 4) is 11.5 Å². The number of pyridine rings is 1. The van der Waals surface area contributed by atoms with Crippen LogP contribution in [0.3, 0.4) is 0 Å². The van der Waals surface area contributed by atoms with Crippen LogP contribution in [0.2, 0.25) is 0 Å². The predicted molar refractivity (Wildman–Crippen MR) is 91.2 cm³/mol. The molecule has 0 aliphatic carbocycles. The summed E-state index contributed by atoms with van der Waals surface area (Å²) in [6, 6.07) is 3.15. The number of halogens is 2. The second-order valence-electron chi connectivity index (χ2n) is 6.21. The molecule has 0 unspecified atom stereocenters. The molecule has 0 radical (unpaired) electrons. The number of hydrogen-bond donors (Lipinski definition) is 1. The summed E-state index contributed by atoms with van der Waals surface area (Å²) < 4.78 is 34.3. The molecular formula is C18H15F2N3O4. The largest absolute Gasteiger partial charge is 0.502 e. The molecule has 9 heteroatoms. The average molecular weight is 375 g/mol. The van der Waals surface area contributed by atoms with Gasteiger partial charge in [-0.1, -0.05) is 6.08 Å². The second-order valence-corrected chi connectivity index (χ2v) is 6.21. The molecular weight excluding hydrogens is 360 g/mol. The first kappa shape index (κ1) is 17.1. The molecule has 0 saturated carbocycles. The van der Waals surface area contributed by atoms with Crippen LogP contribution >= 0.6 is 0 Å². The number of fused-ring (bicyclic) bond motifs is 5. The molecule has 2 aromatic rings. The van der Waals surface area contributed by atoms with Crippen molar-refractivity contribution < 1.29 is 23.4 Å². The van der Waals surface area contributed by atoms with Gasteiger partial charge in [-0.05, 0) is 12.1 Å². The standard InChI is InChI=1S/C18H15F2N3O4/c19-12-7-11-9-22-10-21(4-1-2-6-27-15(11)8-13(12)20)18(26)16-17(25)14(24)3-5-23(16)22/h1-3,5,7-8,25H,4,6,9-10H2/b2-1-. The molecule has 0 fully saturated rings. The lowest BCUT2D eigenvalue weighted by atomic mass is 10.1. The van der Waals surface area contributed by atoms with E-state index in [0.29, 0.717) is 5.56 Å². The molecule has 0 saturated heterocycles. The van der Waals surface area contributed by atoms with Crippen LogP contribution in [0.5, 0.6) is 11.5 Å². The van der Waals surface area contributed by atoms with Gasteiger partial charge in [0.15, 0.2) is 23.1 Å². The van der Waals surface area contributed by atoms with Crippen molar-refractivity contribution in [2.75, 3.05) is 24.8 Å². The van der Waals surface area contributed by atoms with E-state index < -0.39 is 28.7 Å². The normalized spacial score (nSPS) is 17.5. The second kappa shape index (κ2) is 6.42. The van der Waals surface area contributed by atoms with E-state index in [9.17, 15) is 23.5 Å². The van der Waals surface area contributed by atoms with Gasteiger partial charge in [-0.2, -0.15) is 0 Å². The number of carbonyl (C=O) groups excluding carboxylic acids is 1. The molecule has 4 rings (SSSR count). The number of aromatic nitrogens is 1. The summed E-state index contributed by atoms with van der Waals surface area (Å²) in [6.45, 7) is 0.527. The molecule has 140 valence electrons. The fourth-order valence-electron chi connectivity index (χ4n) is 3.13. The van der Waals surface area contributed by atoms with E-state index in [2.05, 4.69) is 0 Å². The number of nitrogens with zero attached hydrogens (tertiary/aromatic N) is 3. The minimum Gasteiger partial charge on any atom is -0.502 e. The molecule has 2 bridgehead atoms. The molecule has 1 amide bonds. The van der Waals surface area contributed by atoms with Crippen LogP contribution < -0.4 is 15.2 Å². The Kier molecular flexibility index (Phi) is 4.06. The van der Waals surface area contributed by atoms with Crippen molar-refractivity contribution in [2.24, 2.45) is 0 Å². The van der Waals surface area contributed by atoms with Gasteiger partial charge < -0.3 is 14.7 Å². The van der Waals surface area contributed by atoms with Crippen molar-refractivity contribution >= 4 is 5.91 Å². The topological polar surface area (TPSA) is 75.0 Å². The van der Waals surface area contributed by atoms with Crippen LogP contribution in [0.15, 0.2) is 41.3 Å². The van der Waals surface area contributed by atoms with E-state index in [1.807, 2.05) is 0 Å². The predicted octanol–water partition coefficient (Wildman–Crippen LogP) is 1.33. The molecule has 7 nitrogen and oxygen atoms in total. The lowest BCUT2D eigenvalue weighted by molar-refractivity contribution is 0.0706. The van der Waals surface area contributed by atoms with Crippen LogP contribution in [0.25, 0.3) is 0 Å². The van der Waals surface area contributed by atoms with Gasteiger partial charge in [0.2, 0.25) is 5.43 Å². The highest BCUT2D eigenvalue weighted by Gasteiger charge is 2.32. The fraction of sp³-hybridized carbons (Fsp3) is 0.222. The van der Waals surface area contributed by atoms with Crippen LogP contribution in [-0.2, 0) is 6.54 Å². The van der Waals surface area contributed by atoms with Crippen molar-refractivity contribution in [3.05, 3.63) is 69.7 Å². The summed E-state index contributed by atoms with van der Waals surface area (Å²) >= 11 is 0. The Balaban J connectivity index is 1.87. The molecule has 2 aliphatic heterocycles. The zero-order valence-corrected chi connectivity index (χ0v) is 14.1. The van der Waals surface area contributed by atoms with E-state index in [4.69, 9.17) is 4.74 Å². The summed E-state index contributed by atoms with van der Waals surface area (Å²) in [5, 5.41) is 11.7. The molecule has 0 atom stereocenters. The average Bonchev–Trinajstić information content (AvgIpc) is 2.67. The first-order valence-corrected chi connectivity index (χ1v) is 8.20. The quantitative estimate of drug-likeness (QED) is 0.704. The minimum atomic E-state index is -1.02. The highest BCUT2D eigenvalue weighted by atomic mass is 19.2. The minimum absolute atomic E-state index is 0.0611. The van der Waals surface area contributed by atoms with Crippen LogP contribution in [0.1, 0.15) is 16.1 Å². The highest BCUT2D eigenvalue weighted by Crippen LogP contribution is 2.27. The Bertz CT molecular complexity index is 1020. The van der Waals surface area contributed by atoms with Crippen LogP contribution in [0.4, 0.5) is 8.78 Å². The summed E-state index contributed by atoms with van der Waals surface area (Å²) in [5.74, 6) is -3.02. The van der Waals surface area contributed by atoms with Gasteiger partial charge in [-0.25, -0.2) is 8.78 Å². The lowest BCUT2D eigenvalue weighted by Crippen LogP contribution is -2.53. The third-order valence-electron chi connectivity index (χ3n) is 4.47. The Morgan fingerprint density at radius 2 is 1.89 bits per heavy atom. The summed E-state index contributed by atoms with van der Waals surface area (Å²) in [6.07, 6.45) is 4.71. The van der Waals surface area contributed by atoms with E-state index >= 15 is 0 Å². The maximum Gasteiger partial charge on any atom is 0.278 e. The van der Waals surface area contributed by atoms with Gasteiger partial charge in [-0.15, -0.1) is 0 Å². The molecule has 0 spiro atoms. The van der Waals surface area contributed by atoms with E-state index in [1.54, 1.807) is 17.2 Å². The first-order chi connectivity index (χ1) is 13.0. The smallest absolute Gasteiger partial charge is 0.278 e. The Morgan fingerprint density at radius 3 is 2.70 bits per heavy atom. The van der Waals surface area contributed by atoms with E-state index in [0.717, 1.165) is 18.2 Å². The van der Waals surface area contributed by atoms with Crippen LogP contribution in [0, 0.1) is 11.6 Å². The van der Waals surface area contributed by atoms with Crippen molar-refractivity contribution in [2.45, 2.75) is 6.54 Å². The number of rotatable bonds is 0. The molecule has 1 aromatic heterocycles. The van der Waals surface area contributed by atoms with Gasteiger partial charge in [0.05, 0.1) is 6.54 Å². The van der Waals surface area contributed by atoms with E-state index in [1.165, 1.54) is 15.8 Å². The summed E-state index contributed by atoms with van der Waals surface area (Å²) in [5.41, 5.74) is -0.484. The third-order valence-corrected chi connectivity index (χ3v) is 4.47. The highest BCUT2D eigenvalue weighted by molar-refractivity contribution is 5.96. The van der Waals surface area contributed by atoms with Gasteiger partial charge in [0.1, 0.15) is 19.0 Å². The van der Waals surface area contributed by atoms with Crippen molar-refractivity contribution in [3.63, 3.8) is 0 Å². The number of benzene rings is 1.